The van der Waals surface area contributed by atoms with E-state index >= 15 is 0 Å². The first kappa shape index (κ1) is 17.0. The number of aromatic nitrogens is 2. The summed E-state index contributed by atoms with van der Waals surface area (Å²) in [6, 6.07) is 3.62. The van der Waals surface area contributed by atoms with Crippen LogP contribution in [0.3, 0.4) is 0 Å². The summed E-state index contributed by atoms with van der Waals surface area (Å²) in [5.74, 6) is 0.932. The van der Waals surface area contributed by atoms with Gasteiger partial charge in [0.05, 0.1) is 12.3 Å². The molecule has 0 spiro atoms. The summed E-state index contributed by atoms with van der Waals surface area (Å²) < 4.78 is 15.4. The predicted octanol–water partition coefficient (Wildman–Crippen LogP) is 1.90. The molecule has 0 aromatic carbocycles. The third-order valence-electron chi connectivity index (χ3n) is 3.27. The molecule has 7 heteroatoms. The highest BCUT2D eigenvalue weighted by Crippen LogP contribution is 2.14. The maximum absolute atomic E-state index is 12.3. The van der Waals surface area contributed by atoms with Gasteiger partial charge >= 0.3 is 0 Å². The summed E-state index contributed by atoms with van der Waals surface area (Å²) in [5, 5.41) is 6.68. The van der Waals surface area contributed by atoms with E-state index in [4.69, 9.17) is 14.0 Å². The van der Waals surface area contributed by atoms with Crippen LogP contribution in [0.2, 0.25) is 0 Å². The molecule has 0 fully saturated rings. The number of pyridine rings is 1. The molecule has 2 rings (SSSR count). The van der Waals surface area contributed by atoms with Crippen molar-refractivity contribution in [1.82, 2.24) is 15.5 Å². The van der Waals surface area contributed by atoms with Gasteiger partial charge < -0.3 is 19.3 Å². The fourth-order valence-electron chi connectivity index (χ4n) is 2.05. The average molecular weight is 319 g/mol. The van der Waals surface area contributed by atoms with E-state index in [2.05, 4.69) is 15.5 Å². The second-order valence-electron chi connectivity index (χ2n) is 4.95. The van der Waals surface area contributed by atoms with Gasteiger partial charge in [0, 0.05) is 32.3 Å². The fourth-order valence-corrected chi connectivity index (χ4v) is 2.05. The molecule has 1 amide bonds. The molecular weight excluding hydrogens is 298 g/mol. The highest BCUT2D eigenvalue weighted by molar-refractivity contribution is 5.96. The van der Waals surface area contributed by atoms with Crippen LogP contribution in [0.5, 0.6) is 5.88 Å². The number of amides is 1. The summed E-state index contributed by atoms with van der Waals surface area (Å²) in [4.78, 5) is 16.4. The summed E-state index contributed by atoms with van der Waals surface area (Å²) in [7, 11) is 1.61. The third-order valence-corrected chi connectivity index (χ3v) is 3.27. The van der Waals surface area contributed by atoms with E-state index in [1.807, 2.05) is 13.0 Å². The van der Waals surface area contributed by atoms with E-state index in [0.717, 1.165) is 5.56 Å². The smallest absolute Gasteiger partial charge is 0.257 e. The molecule has 2 aromatic rings. The van der Waals surface area contributed by atoms with Crippen molar-refractivity contribution >= 4 is 5.91 Å². The molecule has 0 saturated heterocycles. The van der Waals surface area contributed by atoms with Crippen molar-refractivity contribution in [2.45, 2.75) is 26.8 Å². The largest absolute Gasteiger partial charge is 0.475 e. The molecule has 0 saturated carbocycles. The van der Waals surface area contributed by atoms with Crippen LogP contribution in [0, 0.1) is 6.92 Å². The van der Waals surface area contributed by atoms with Crippen molar-refractivity contribution in [2.24, 2.45) is 0 Å². The Morgan fingerprint density at radius 1 is 1.35 bits per heavy atom. The van der Waals surface area contributed by atoms with Crippen molar-refractivity contribution in [3.63, 3.8) is 0 Å². The molecule has 1 N–H and O–H groups in total. The molecule has 2 aromatic heterocycles. The van der Waals surface area contributed by atoms with Crippen LogP contribution in [0.25, 0.3) is 0 Å². The van der Waals surface area contributed by atoms with Gasteiger partial charge in [-0.1, -0.05) is 18.1 Å². The zero-order valence-corrected chi connectivity index (χ0v) is 13.6. The molecule has 124 valence electrons. The molecule has 0 radical (unpaired) electrons. The van der Waals surface area contributed by atoms with Crippen LogP contribution in [0.15, 0.2) is 22.9 Å². The molecule has 2 heterocycles. The van der Waals surface area contributed by atoms with E-state index in [1.54, 1.807) is 26.3 Å². The molecule has 0 aliphatic rings. The molecule has 0 bridgehead atoms. The van der Waals surface area contributed by atoms with Crippen molar-refractivity contribution in [3.05, 3.63) is 40.9 Å². The predicted molar refractivity (Wildman–Crippen MR) is 83.4 cm³/mol. The zero-order chi connectivity index (χ0) is 16.7. The number of aryl methyl sites for hydroxylation is 2. The molecule has 23 heavy (non-hydrogen) atoms. The quantitative estimate of drug-likeness (QED) is 0.748. The Morgan fingerprint density at radius 2 is 2.17 bits per heavy atom. The van der Waals surface area contributed by atoms with E-state index in [0.29, 0.717) is 49.1 Å². The van der Waals surface area contributed by atoms with Crippen LogP contribution in [-0.4, -0.2) is 36.4 Å². The zero-order valence-electron chi connectivity index (χ0n) is 13.6. The first-order valence-electron chi connectivity index (χ1n) is 7.45. The second-order valence-corrected chi connectivity index (χ2v) is 4.95. The fraction of sp³-hybridized carbons (Fsp3) is 0.438. The number of hydrogen-bond donors (Lipinski definition) is 1. The average Bonchev–Trinajstić information content (AvgIpc) is 2.95. The Morgan fingerprint density at radius 3 is 2.83 bits per heavy atom. The van der Waals surface area contributed by atoms with E-state index in [9.17, 15) is 4.79 Å². The lowest BCUT2D eigenvalue weighted by Crippen LogP contribution is -2.24. The Bertz CT molecular complexity index is 637. The summed E-state index contributed by atoms with van der Waals surface area (Å²) in [6.45, 7) is 5.01. The maximum atomic E-state index is 12.3. The minimum atomic E-state index is -0.193. The number of nitrogens with zero attached hydrogens (tertiary/aromatic N) is 2. The van der Waals surface area contributed by atoms with Crippen LogP contribution in [0.4, 0.5) is 0 Å². The van der Waals surface area contributed by atoms with Gasteiger partial charge in [0.1, 0.15) is 17.9 Å². The maximum Gasteiger partial charge on any atom is 0.257 e. The lowest BCUT2D eigenvalue weighted by Gasteiger charge is -2.07. The molecule has 0 aliphatic heterocycles. The van der Waals surface area contributed by atoms with Gasteiger partial charge in [0.15, 0.2) is 0 Å². The number of nitrogens with one attached hydrogen (secondary N) is 1. The van der Waals surface area contributed by atoms with Gasteiger partial charge in [0.2, 0.25) is 5.88 Å². The number of ether oxygens (including phenoxy) is 2. The SMILES string of the molecule is CCc1onc(C)c1C(=O)NCc1ccc(OCCOC)nc1. The van der Waals surface area contributed by atoms with E-state index in [1.165, 1.54) is 0 Å². The first-order valence-corrected chi connectivity index (χ1v) is 7.45. The van der Waals surface area contributed by atoms with Gasteiger partial charge in [-0.25, -0.2) is 4.98 Å². The van der Waals surface area contributed by atoms with Crippen molar-refractivity contribution in [2.75, 3.05) is 20.3 Å². The van der Waals surface area contributed by atoms with Crippen LogP contribution >= 0.6 is 0 Å². The van der Waals surface area contributed by atoms with Gasteiger partial charge in [-0.15, -0.1) is 0 Å². The van der Waals surface area contributed by atoms with Crippen LogP contribution < -0.4 is 10.1 Å². The van der Waals surface area contributed by atoms with E-state index < -0.39 is 0 Å². The Balaban J connectivity index is 1.90. The molecule has 7 nitrogen and oxygen atoms in total. The Labute approximate surface area is 135 Å². The minimum Gasteiger partial charge on any atom is -0.475 e. The number of carbonyl (C=O) groups excluding carboxylic acids is 1. The number of hydrogen-bond acceptors (Lipinski definition) is 6. The van der Waals surface area contributed by atoms with Gasteiger partial charge in [-0.2, -0.15) is 0 Å². The summed E-state index contributed by atoms with van der Waals surface area (Å²) in [5.41, 5.74) is 1.99. The first-order chi connectivity index (χ1) is 11.2. The topological polar surface area (TPSA) is 86.5 Å². The van der Waals surface area contributed by atoms with Crippen molar-refractivity contribution in [3.8, 4) is 5.88 Å². The third kappa shape index (κ3) is 4.53. The lowest BCUT2D eigenvalue weighted by molar-refractivity contribution is 0.0948. The molecule has 0 atom stereocenters. The number of rotatable bonds is 8. The standard InChI is InChI=1S/C16H21N3O4/c1-4-13-15(11(2)19-23-13)16(20)18-10-12-5-6-14(17-9-12)22-8-7-21-3/h5-6,9H,4,7-8,10H2,1-3H3,(H,18,20). The summed E-state index contributed by atoms with van der Waals surface area (Å²) >= 11 is 0. The molecule has 0 aliphatic carbocycles. The summed E-state index contributed by atoms with van der Waals surface area (Å²) in [6.07, 6.45) is 2.29. The Hall–Kier alpha value is -2.41. The van der Waals surface area contributed by atoms with Gasteiger partial charge in [0.25, 0.3) is 5.91 Å². The van der Waals surface area contributed by atoms with Gasteiger partial charge in [-0.3, -0.25) is 4.79 Å². The van der Waals surface area contributed by atoms with Gasteiger partial charge in [-0.05, 0) is 12.5 Å². The normalized spacial score (nSPS) is 10.6. The lowest BCUT2D eigenvalue weighted by atomic mass is 10.1. The molecular formula is C16H21N3O4. The van der Waals surface area contributed by atoms with E-state index in [-0.39, 0.29) is 5.91 Å². The van der Waals surface area contributed by atoms with Crippen LogP contribution in [-0.2, 0) is 17.7 Å². The Kier molecular flexibility index (Phi) is 6.10. The number of carbonyl (C=O) groups is 1. The highest BCUT2D eigenvalue weighted by Gasteiger charge is 2.18. The van der Waals surface area contributed by atoms with Crippen molar-refractivity contribution in [1.29, 1.82) is 0 Å². The number of methoxy groups -OCH3 is 1. The monoisotopic (exact) mass is 319 g/mol. The van der Waals surface area contributed by atoms with Crippen molar-refractivity contribution < 1.29 is 18.8 Å². The molecule has 0 unspecified atom stereocenters. The second kappa shape index (κ2) is 8.28. The minimum absolute atomic E-state index is 0.193. The highest BCUT2D eigenvalue weighted by atomic mass is 16.5. The van der Waals surface area contributed by atoms with Crippen LogP contribution in [0.1, 0.15) is 34.3 Å².